The van der Waals surface area contributed by atoms with Crippen molar-refractivity contribution in [2.24, 2.45) is 0 Å². The Bertz CT molecular complexity index is 1050. The van der Waals surface area contributed by atoms with Gasteiger partial charge < -0.3 is 9.47 Å². The number of aryl methyl sites for hydroxylation is 2. The van der Waals surface area contributed by atoms with Crippen LogP contribution in [0.3, 0.4) is 0 Å². The molecule has 0 amide bonds. The van der Waals surface area contributed by atoms with E-state index >= 15 is 0 Å². The van der Waals surface area contributed by atoms with E-state index in [1.165, 1.54) is 22.4 Å². The van der Waals surface area contributed by atoms with Crippen LogP contribution in [0.1, 0.15) is 49.0 Å². The van der Waals surface area contributed by atoms with Crippen LogP contribution in [0.25, 0.3) is 10.2 Å². The van der Waals surface area contributed by atoms with Gasteiger partial charge in [-0.1, -0.05) is 32.9 Å². The highest BCUT2D eigenvalue weighted by atomic mass is 32.1. The highest BCUT2D eigenvalue weighted by Crippen LogP contribution is 2.41. The van der Waals surface area contributed by atoms with Crippen molar-refractivity contribution in [2.45, 2.75) is 52.0 Å². The van der Waals surface area contributed by atoms with Gasteiger partial charge in [-0.25, -0.2) is 4.98 Å². The minimum absolute atomic E-state index is 0.125. The summed E-state index contributed by atoms with van der Waals surface area (Å²) < 4.78 is 11.9. The largest absolute Gasteiger partial charge is 0.438 e. The molecule has 0 spiro atoms. The highest BCUT2D eigenvalue weighted by molar-refractivity contribution is 7.19. The average Bonchev–Trinajstić information content (AvgIpc) is 3.29. The van der Waals surface area contributed by atoms with Crippen molar-refractivity contribution < 1.29 is 9.47 Å². The Kier molecular flexibility index (Phi) is 5.25. The molecule has 1 fully saturated rings. The minimum Gasteiger partial charge on any atom is -0.438 e. The normalized spacial score (nSPS) is 17.4. The third kappa shape index (κ3) is 3.96. The lowest BCUT2D eigenvalue weighted by Crippen LogP contribution is -2.36. The molecular weight excluding hydrogens is 394 g/mol. The molecule has 2 aromatic heterocycles. The summed E-state index contributed by atoms with van der Waals surface area (Å²) in [4.78, 5) is 14.7. The summed E-state index contributed by atoms with van der Waals surface area (Å²) in [6.45, 7) is 10.8. The minimum atomic E-state index is 0.125. The Hall–Kier alpha value is -2.02. The van der Waals surface area contributed by atoms with Crippen LogP contribution in [0.2, 0.25) is 0 Å². The molecule has 0 radical (unpaired) electrons. The number of morpholine rings is 1. The van der Waals surface area contributed by atoms with Crippen molar-refractivity contribution in [1.29, 1.82) is 0 Å². The first-order valence-corrected chi connectivity index (χ1v) is 11.7. The number of nitrogens with zero attached hydrogens (tertiary/aromatic N) is 3. The zero-order valence-electron chi connectivity index (χ0n) is 18.0. The van der Waals surface area contributed by atoms with Gasteiger partial charge in [0, 0.05) is 18.0 Å². The molecule has 3 heterocycles. The maximum Gasteiger partial charge on any atom is 0.231 e. The number of ether oxygens (including phenoxy) is 2. The molecule has 5 nitrogen and oxygen atoms in total. The molecule has 1 saturated heterocycles. The Balaban J connectivity index is 1.50. The zero-order chi connectivity index (χ0) is 20.7. The number of rotatable bonds is 4. The van der Waals surface area contributed by atoms with Crippen molar-refractivity contribution >= 4 is 21.6 Å². The molecular formula is C24H29N3O2S. The van der Waals surface area contributed by atoms with Crippen LogP contribution in [0.15, 0.2) is 24.3 Å². The number of fused-ring (bicyclic) bond motifs is 3. The van der Waals surface area contributed by atoms with Gasteiger partial charge in [-0.2, -0.15) is 4.98 Å². The van der Waals surface area contributed by atoms with E-state index < -0.39 is 0 Å². The van der Waals surface area contributed by atoms with Crippen LogP contribution in [-0.4, -0.2) is 41.2 Å². The van der Waals surface area contributed by atoms with Gasteiger partial charge in [0.05, 0.1) is 25.1 Å². The summed E-state index contributed by atoms with van der Waals surface area (Å²) in [6.07, 6.45) is 3.46. The molecule has 5 rings (SSSR count). The van der Waals surface area contributed by atoms with Gasteiger partial charge in [0.1, 0.15) is 16.4 Å². The number of hydrogen-bond acceptors (Lipinski definition) is 6. The lowest BCUT2D eigenvalue weighted by molar-refractivity contribution is 0.0330. The van der Waals surface area contributed by atoms with Gasteiger partial charge in [0.25, 0.3) is 0 Å². The molecule has 0 atom stereocenters. The van der Waals surface area contributed by atoms with Crippen LogP contribution in [0, 0.1) is 0 Å². The van der Waals surface area contributed by atoms with Crippen molar-refractivity contribution in [2.75, 3.05) is 26.3 Å². The smallest absolute Gasteiger partial charge is 0.231 e. The molecule has 0 bridgehead atoms. The summed E-state index contributed by atoms with van der Waals surface area (Å²) in [5.41, 5.74) is 2.82. The molecule has 1 aromatic carbocycles. The predicted octanol–water partition coefficient (Wildman–Crippen LogP) is 5.10. The van der Waals surface area contributed by atoms with Crippen molar-refractivity contribution in [3.05, 3.63) is 46.1 Å². The molecule has 6 heteroatoms. The van der Waals surface area contributed by atoms with Crippen LogP contribution < -0.4 is 4.74 Å². The van der Waals surface area contributed by atoms with Crippen LogP contribution >= 0.6 is 11.3 Å². The standard InChI is InChI=1S/C24H29N3O2S/c1-24(2,3)16-7-9-17(10-8-16)29-22-21-18-5-4-6-19(18)30-23(21)26-20(25-22)15-27-11-13-28-14-12-27/h7-10H,4-6,11-15H2,1-3H3. The van der Waals surface area contributed by atoms with E-state index in [1.807, 2.05) is 11.3 Å². The molecule has 30 heavy (non-hydrogen) atoms. The first-order chi connectivity index (χ1) is 14.5. The first kappa shape index (κ1) is 19.9. The summed E-state index contributed by atoms with van der Waals surface area (Å²) in [5.74, 6) is 2.38. The molecule has 0 N–H and O–H groups in total. The lowest BCUT2D eigenvalue weighted by Gasteiger charge is -2.25. The second-order valence-corrected chi connectivity index (χ2v) is 10.3. The Morgan fingerprint density at radius 2 is 1.83 bits per heavy atom. The highest BCUT2D eigenvalue weighted by Gasteiger charge is 2.24. The number of thiophene rings is 1. The summed E-state index contributed by atoms with van der Waals surface area (Å²) in [6, 6.07) is 8.42. The van der Waals surface area contributed by atoms with Crippen molar-refractivity contribution in [1.82, 2.24) is 14.9 Å². The van der Waals surface area contributed by atoms with Gasteiger partial charge in [-0.05, 0) is 47.9 Å². The SMILES string of the molecule is CC(C)(C)c1ccc(Oc2nc(CN3CCOCC3)nc3sc4c(c23)CCC4)cc1. The second kappa shape index (κ2) is 7.91. The first-order valence-electron chi connectivity index (χ1n) is 10.9. The summed E-state index contributed by atoms with van der Waals surface area (Å²) >= 11 is 1.82. The molecule has 2 aliphatic rings. The topological polar surface area (TPSA) is 47.5 Å². The molecule has 158 valence electrons. The van der Waals surface area contributed by atoms with E-state index in [1.54, 1.807) is 0 Å². The average molecular weight is 424 g/mol. The lowest BCUT2D eigenvalue weighted by atomic mass is 9.87. The van der Waals surface area contributed by atoms with E-state index in [9.17, 15) is 0 Å². The van der Waals surface area contributed by atoms with Crippen molar-refractivity contribution in [3.8, 4) is 11.6 Å². The monoisotopic (exact) mass is 423 g/mol. The zero-order valence-corrected chi connectivity index (χ0v) is 18.8. The van der Waals surface area contributed by atoms with Gasteiger partial charge in [-0.15, -0.1) is 11.3 Å². The van der Waals surface area contributed by atoms with Crippen LogP contribution in [0.5, 0.6) is 11.6 Å². The molecule has 1 aliphatic heterocycles. The maximum atomic E-state index is 6.39. The van der Waals surface area contributed by atoms with Gasteiger partial charge in [-0.3, -0.25) is 4.90 Å². The summed E-state index contributed by atoms with van der Waals surface area (Å²) in [5, 5.41) is 1.12. The second-order valence-electron chi connectivity index (χ2n) is 9.25. The molecule has 0 saturated carbocycles. The maximum absolute atomic E-state index is 6.39. The molecule has 0 unspecified atom stereocenters. The van der Waals surface area contributed by atoms with Gasteiger partial charge >= 0.3 is 0 Å². The van der Waals surface area contributed by atoms with Crippen molar-refractivity contribution in [3.63, 3.8) is 0 Å². The fraction of sp³-hybridized carbons (Fsp3) is 0.500. The van der Waals surface area contributed by atoms with Crippen LogP contribution in [0.4, 0.5) is 0 Å². The van der Waals surface area contributed by atoms with E-state index in [2.05, 4.69) is 49.9 Å². The Morgan fingerprint density at radius 3 is 2.57 bits per heavy atom. The molecule has 1 aliphatic carbocycles. The third-order valence-corrected chi connectivity index (χ3v) is 7.17. The summed E-state index contributed by atoms with van der Waals surface area (Å²) in [7, 11) is 0. The van der Waals surface area contributed by atoms with E-state index in [-0.39, 0.29) is 5.41 Å². The van der Waals surface area contributed by atoms with E-state index in [0.717, 1.165) is 67.5 Å². The fourth-order valence-corrected chi connectivity index (χ4v) is 5.51. The van der Waals surface area contributed by atoms with Gasteiger partial charge in [0.15, 0.2) is 0 Å². The molecule has 3 aromatic rings. The van der Waals surface area contributed by atoms with E-state index in [0.29, 0.717) is 5.88 Å². The Labute approximate surface area is 182 Å². The third-order valence-electron chi connectivity index (χ3n) is 5.98. The number of hydrogen-bond donors (Lipinski definition) is 0. The van der Waals surface area contributed by atoms with Gasteiger partial charge in [0.2, 0.25) is 5.88 Å². The number of benzene rings is 1. The Morgan fingerprint density at radius 1 is 1.07 bits per heavy atom. The quantitative estimate of drug-likeness (QED) is 0.584. The van der Waals surface area contributed by atoms with E-state index in [4.69, 9.17) is 19.4 Å². The van der Waals surface area contributed by atoms with Crippen LogP contribution in [-0.2, 0) is 29.5 Å². The fourth-order valence-electron chi connectivity index (χ4n) is 4.24. The predicted molar refractivity (Wildman–Crippen MR) is 121 cm³/mol. The number of aromatic nitrogens is 2.